The number of ether oxygens (including phenoxy) is 1. The Hall–Kier alpha value is -0.870. The van der Waals surface area contributed by atoms with Crippen molar-refractivity contribution >= 4 is 5.97 Å². The third kappa shape index (κ3) is 6.63. The van der Waals surface area contributed by atoms with Gasteiger partial charge in [0.05, 0.1) is 12.5 Å². The molecule has 4 aliphatic carbocycles. The van der Waals surface area contributed by atoms with E-state index in [9.17, 15) is 9.90 Å². The van der Waals surface area contributed by atoms with E-state index in [1.807, 2.05) is 0 Å². The number of rotatable bonds is 11. The number of hydrogen-bond donors (Lipinski definition) is 2. The van der Waals surface area contributed by atoms with Gasteiger partial charge in [-0.05, 0) is 104 Å². The van der Waals surface area contributed by atoms with Gasteiger partial charge in [-0.15, -0.1) is 0 Å². The quantitative estimate of drug-likeness (QED) is 0.204. The van der Waals surface area contributed by atoms with Gasteiger partial charge in [-0.3, -0.25) is 4.79 Å². The van der Waals surface area contributed by atoms with E-state index < -0.39 is 6.10 Å². The van der Waals surface area contributed by atoms with Crippen molar-refractivity contribution in [2.24, 2.45) is 58.0 Å². The van der Waals surface area contributed by atoms with Crippen LogP contribution in [-0.4, -0.2) is 29.3 Å². The number of fused-ring (bicyclic) bond motifs is 5. The predicted octanol–water partition coefficient (Wildman–Crippen LogP) is 8.06. The van der Waals surface area contributed by atoms with Crippen molar-refractivity contribution in [3.8, 4) is 0 Å². The van der Waals surface area contributed by atoms with Crippen molar-refractivity contribution in [3.05, 3.63) is 11.6 Å². The summed E-state index contributed by atoms with van der Waals surface area (Å²) in [6, 6.07) is -0.375. The molecule has 224 valence electrons. The van der Waals surface area contributed by atoms with E-state index in [2.05, 4.69) is 54.5 Å². The van der Waals surface area contributed by atoms with Crippen molar-refractivity contribution in [1.82, 2.24) is 0 Å². The number of aliphatic hydroxyl groups excluding tert-OH is 1. The largest absolute Gasteiger partial charge is 0.462 e. The Labute approximate surface area is 240 Å². The Morgan fingerprint density at radius 1 is 1.03 bits per heavy atom. The minimum Gasteiger partial charge on any atom is -0.462 e. The zero-order valence-electron chi connectivity index (χ0n) is 26.4. The molecule has 3 N–H and O–H groups in total. The highest BCUT2D eigenvalue weighted by atomic mass is 16.5. The number of carbonyl (C=O) groups is 1. The van der Waals surface area contributed by atoms with E-state index in [0.717, 1.165) is 54.8 Å². The van der Waals surface area contributed by atoms with Crippen LogP contribution in [0.3, 0.4) is 0 Å². The van der Waals surface area contributed by atoms with Gasteiger partial charge in [0.2, 0.25) is 0 Å². The van der Waals surface area contributed by atoms with Gasteiger partial charge < -0.3 is 15.6 Å². The fourth-order valence-corrected chi connectivity index (χ4v) is 10.0. The fraction of sp³-hybridized carbons (Fsp3) is 0.914. The summed E-state index contributed by atoms with van der Waals surface area (Å²) in [7, 11) is 0. The first kappa shape index (κ1) is 31.1. The molecule has 10 atom stereocenters. The molecule has 0 aromatic rings. The Morgan fingerprint density at radius 3 is 2.46 bits per heavy atom. The lowest BCUT2D eigenvalue weighted by Gasteiger charge is -2.58. The summed E-state index contributed by atoms with van der Waals surface area (Å²) in [6.07, 6.45) is 16.3. The van der Waals surface area contributed by atoms with Crippen molar-refractivity contribution in [2.45, 2.75) is 150 Å². The number of allylic oxidation sites excluding steroid dienone is 1. The molecule has 3 fully saturated rings. The topological polar surface area (TPSA) is 72.5 Å². The molecule has 0 aromatic heterocycles. The van der Waals surface area contributed by atoms with Crippen LogP contribution >= 0.6 is 0 Å². The first-order valence-electron chi connectivity index (χ1n) is 16.7. The molecule has 3 saturated carbocycles. The van der Waals surface area contributed by atoms with E-state index in [1.54, 1.807) is 5.57 Å². The predicted molar refractivity (Wildman–Crippen MR) is 161 cm³/mol. The van der Waals surface area contributed by atoms with Gasteiger partial charge in [-0.25, -0.2) is 0 Å². The molecule has 0 aliphatic heterocycles. The summed E-state index contributed by atoms with van der Waals surface area (Å²) in [5, 5.41) is 10.4. The molecule has 0 amide bonds. The smallest absolute Gasteiger partial charge is 0.308 e. The number of carbonyl (C=O) groups excluding carboxylic acids is 1. The Kier molecular flexibility index (Phi) is 10.0. The average molecular weight is 544 g/mol. The van der Waals surface area contributed by atoms with Crippen LogP contribution in [0.15, 0.2) is 11.6 Å². The van der Waals surface area contributed by atoms with Crippen molar-refractivity contribution in [3.63, 3.8) is 0 Å². The minimum atomic E-state index is -0.826. The van der Waals surface area contributed by atoms with E-state index in [-0.39, 0.29) is 30.0 Å². The molecule has 0 spiro atoms. The second-order valence-corrected chi connectivity index (χ2v) is 15.7. The SMILES string of the molecule is CC(C)CCC[C@@H](C)[C@H]1CCC2C3CC=C4CC(OC(=O)C[C@H](O)[C@@H](N)CC(C)C)CC[C@]4(C)C3CC[C@@]21C. The first-order chi connectivity index (χ1) is 18.3. The molecule has 0 aromatic carbocycles. The molecule has 4 unspecified atom stereocenters. The average Bonchev–Trinajstić information content (AvgIpc) is 3.20. The van der Waals surface area contributed by atoms with Crippen molar-refractivity contribution in [2.75, 3.05) is 0 Å². The Bertz CT molecular complexity index is 866. The lowest BCUT2D eigenvalue weighted by atomic mass is 9.47. The lowest BCUT2D eigenvalue weighted by Crippen LogP contribution is -2.51. The van der Waals surface area contributed by atoms with E-state index in [0.29, 0.717) is 17.8 Å². The molecule has 4 rings (SSSR count). The maximum absolute atomic E-state index is 12.7. The number of nitrogens with two attached hydrogens (primary N) is 1. The van der Waals surface area contributed by atoms with Gasteiger partial charge in [0, 0.05) is 12.5 Å². The van der Waals surface area contributed by atoms with E-state index in [4.69, 9.17) is 10.5 Å². The summed E-state index contributed by atoms with van der Waals surface area (Å²) < 4.78 is 5.92. The molecule has 39 heavy (non-hydrogen) atoms. The second kappa shape index (κ2) is 12.6. The minimum absolute atomic E-state index is 0.00270. The van der Waals surface area contributed by atoms with Gasteiger partial charge in [-0.2, -0.15) is 0 Å². The zero-order valence-corrected chi connectivity index (χ0v) is 26.4. The van der Waals surface area contributed by atoms with Crippen LogP contribution in [-0.2, 0) is 9.53 Å². The normalized spacial score (nSPS) is 38.4. The molecule has 0 saturated heterocycles. The molecule has 4 aliphatic rings. The van der Waals surface area contributed by atoms with Crippen molar-refractivity contribution in [1.29, 1.82) is 0 Å². The van der Waals surface area contributed by atoms with Gasteiger partial charge in [0.1, 0.15) is 6.10 Å². The van der Waals surface area contributed by atoms with Gasteiger partial charge in [0.25, 0.3) is 0 Å². The van der Waals surface area contributed by atoms with E-state index in [1.165, 1.54) is 51.4 Å². The third-order valence-corrected chi connectivity index (χ3v) is 12.2. The van der Waals surface area contributed by atoms with Crippen LogP contribution < -0.4 is 5.73 Å². The van der Waals surface area contributed by atoms with Crippen LogP contribution in [0.25, 0.3) is 0 Å². The van der Waals surface area contributed by atoms with Gasteiger partial charge >= 0.3 is 5.97 Å². The van der Waals surface area contributed by atoms with Crippen LogP contribution in [0.1, 0.15) is 132 Å². The van der Waals surface area contributed by atoms with Crippen LogP contribution in [0.2, 0.25) is 0 Å². The fourth-order valence-electron chi connectivity index (χ4n) is 10.0. The summed E-state index contributed by atoms with van der Waals surface area (Å²) >= 11 is 0. The van der Waals surface area contributed by atoms with Crippen molar-refractivity contribution < 1.29 is 14.6 Å². The highest BCUT2D eigenvalue weighted by molar-refractivity contribution is 5.70. The van der Waals surface area contributed by atoms with Crippen LogP contribution in [0.5, 0.6) is 0 Å². The molecular formula is C35H61NO3. The van der Waals surface area contributed by atoms with E-state index >= 15 is 0 Å². The Morgan fingerprint density at radius 2 is 1.77 bits per heavy atom. The maximum atomic E-state index is 12.7. The van der Waals surface area contributed by atoms with Gasteiger partial charge in [0.15, 0.2) is 0 Å². The number of aliphatic hydroxyl groups is 1. The van der Waals surface area contributed by atoms with Gasteiger partial charge in [-0.1, -0.05) is 79.4 Å². The van der Waals surface area contributed by atoms with Crippen LogP contribution in [0.4, 0.5) is 0 Å². The molecule has 4 nitrogen and oxygen atoms in total. The highest BCUT2D eigenvalue weighted by Gasteiger charge is 2.59. The maximum Gasteiger partial charge on any atom is 0.308 e. The molecule has 0 radical (unpaired) electrons. The summed E-state index contributed by atoms with van der Waals surface area (Å²) in [5.41, 5.74) is 8.42. The molecular weight excluding hydrogens is 482 g/mol. The molecule has 0 bridgehead atoms. The third-order valence-electron chi connectivity index (χ3n) is 12.2. The Balaban J connectivity index is 1.36. The molecule has 0 heterocycles. The summed E-state index contributed by atoms with van der Waals surface area (Å²) in [6.45, 7) is 16.6. The first-order valence-corrected chi connectivity index (χ1v) is 16.7. The van der Waals surface area contributed by atoms with Crippen LogP contribution in [0, 0.1) is 52.3 Å². The number of hydrogen-bond acceptors (Lipinski definition) is 4. The zero-order chi connectivity index (χ0) is 28.5. The second-order valence-electron chi connectivity index (χ2n) is 15.7. The monoisotopic (exact) mass is 543 g/mol. The summed E-state index contributed by atoms with van der Waals surface area (Å²) in [4.78, 5) is 12.7. The lowest BCUT2D eigenvalue weighted by molar-refractivity contribution is -0.154. The number of esters is 1. The standard InChI is InChI=1S/C35H61NO3/c1-22(2)9-8-10-24(5)28-13-14-29-27-12-11-25-20-26(39-33(38)21-32(37)31(36)19-23(3)4)15-17-34(25,6)30(27)16-18-35(28,29)7/h11,22-24,26-32,37H,8-10,12-21,36H2,1-7H3/t24-,26?,27?,28-,29?,30?,31+,32+,34+,35-/m1/s1. The summed E-state index contributed by atoms with van der Waals surface area (Å²) in [5.74, 6) is 5.14. The highest BCUT2D eigenvalue weighted by Crippen LogP contribution is 2.67. The molecule has 4 heteroatoms.